The van der Waals surface area contributed by atoms with Crippen LogP contribution in [0.2, 0.25) is 0 Å². The summed E-state index contributed by atoms with van der Waals surface area (Å²) in [5.41, 5.74) is 2.26. The van der Waals surface area contributed by atoms with Crippen LogP contribution in [0.4, 0.5) is 0 Å². The van der Waals surface area contributed by atoms with E-state index in [0.717, 1.165) is 15.8 Å². The SMILES string of the molecule is CC(O)c1ccc(SCc2cccc(Br)c2)cc1. The number of thioether (sulfide) groups is 1. The quantitative estimate of drug-likeness (QED) is 0.816. The van der Waals surface area contributed by atoms with Crippen molar-refractivity contribution in [1.82, 2.24) is 0 Å². The van der Waals surface area contributed by atoms with E-state index in [1.165, 1.54) is 10.5 Å². The minimum atomic E-state index is -0.394. The lowest BCUT2D eigenvalue weighted by Crippen LogP contribution is -1.89. The number of benzene rings is 2. The Morgan fingerprint density at radius 2 is 1.89 bits per heavy atom. The lowest BCUT2D eigenvalue weighted by atomic mass is 10.1. The van der Waals surface area contributed by atoms with Crippen molar-refractivity contribution in [3.8, 4) is 0 Å². The number of aliphatic hydroxyl groups is 1. The summed E-state index contributed by atoms with van der Waals surface area (Å²) in [5.74, 6) is 0.952. The first kappa shape index (κ1) is 13.7. The fourth-order valence-electron chi connectivity index (χ4n) is 1.64. The van der Waals surface area contributed by atoms with Gasteiger partial charge in [-0.15, -0.1) is 11.8 Å². The van der Waals surface area contributed by atoms with Crippen LogP contribution in [0.5, 0.6) is 0 Å². The smallest absolute Gasteiger partial charge is 0.0761 e. The topological polar surface area (TPSA) is 20.2 Å². The fourth-order valence-corrected chi connectivity index (χ4v) is 2.92. The van der Waals surface area contributed by atoms with Gasteiger partial charge in [-0.2, -0.15) is 0 Å². The molecular formula is C15H15BrOS. The van der Waals surface area contributed by atoms with Crippen molar-refractivity contribution in [2.24, 2.45) is 0 Å². The summed E-state index contributed by atoms with van der Waals surface area (Å²) in [4.78, 5) is 1.22. The number of aliphatic hydroxyl groups excluding tert-OH is 1. The average Bonchev–Trinajstić information content (AvgIpc) is 2.37. The molecule has 1 atom stereocenters. The highest BCUT2D eigenvalue weighted by molar-refractivity contribution is 9.10. The highest BCUT2D eigenvalue weighted by atomic mass is 79.9. The molecule has 0 aliphatic rings. The van der Waals surface area contributed by atoms with Gasteiger partial charge in [-0.05, 0) is 42.3 Å². The van der Waals surface area contributed by atoms with Gasteiger partial charge in [0.05, 0.1) is 6.10 Å². The Bertz CT molecular complexity index is 508. The van der Waals surface area contributed by atoms with E-state index in [9.17, 15) is 5.11 Å². The van der Waals surface area contributed by atoms with Crippen molar-refractivity contribution in [2.45, 2.75) is 23.7 Å². The van der Waals surface area contributed by atoms with E-state index >= 15 is 0 Å². The standard InChI is InChI=1S/C15H15BrOS/c1-11(17)13-5-7-15(8-6-13)18-10-12-3-2-4-14(16)9-12/h2-9,11,17H,10H2,1H3. The molecule has 0 bridgehead atoms. The molecule has 0 amide bonds. The van der Waals surface area contributed by atoms with Crippen molar-refractivity contribution in [3.05, 3.63) is 64.1 Å². The minimum Gasteiger partial charge on any atom is -0.389 e. The van der Waals surface area contributed by atoms with E-state index in [1.54, 1.807) is 18.7 Å². The number of hydrogen-bond donors (Lipinski definition) is 1. The molecule has 2 rings (SSSR count). The Morgan fingerprint density at radius 3 is 2.50 bits per heavy atom. The summed E-state index contributed by atoms with van der Waals surface area (Å²) in [6.07, 6.45) is -0.394. The van der Waals surface area contributed by atoms with Crippen molar-refractivity contribution in [3.63, 3.8) is 0 Å². The summed E-state index contributed by atoms with van der Waals surface area (Å²) in [7, 11) is 0. The lowest BCUT2D eigenvalue weighted by molar-refractivity contribution is 0.199. The zero-order valence-electron chi connectivity index (χ0n) is 10.1. The second-order valence-corrected chi connectivity index (χ2v) is 6.13. The Morgan fingerprint density at radius 1 is 1.17 bits per heavy atom. The molecule has 0 saturated heterocycles. The van der Waals surface area contributed by atoms with Crippen LogP contribution < -0.4 is 0 Å². The van der Waals surface area contributed by atoms with Crippen LogP contribution in [-0.2, 0) is 5.75 Å². The monoisotopic (exact) mass is 322 g/mol. The van der Waals surface area contributed by atoms with E-state index in [4.69, 9.17) is 0 Å². The predicted octanol–water partition coefficient (Wildman–Crippen LogP) is 4.79. The van der Waals surface area contributed by atoms with Crippen LogP contribution in [-0.4, -0.2) is 5.11 Å². The first-order valence-corrected chi connectivity index (χ1v) is 7.58. The van der Waals surface area contributed by atoms with Crippen LogP contribution >= 0.6 is 27.7 Å². The third kappa shape index (κ3) is 3.87. The van der Waals surface area contributed by atoms with Gasteiger partial charge in [0.25, 0.3) is 0 Å². The summed E-state index contributed by atoms with van der Waals surface area (Å²) in [5, 5.41) is 9.44. The number of halogens is 1. The third-order valence-corrected chi connectivity index (χ3v) is 4.23. The van der Waals surface area contributed by atoms with Gasteiger partial charge in [0.15, 0.2) is 0 Å². The normalized spacial score (nSPS) is 12.4. The molecule has 0 aromatic heterocycles. The van der Waals surface area contributed by atoms with Gasteiger partial charge in [0.1, 0.15) is 0 Å². The van der Waals surface area contributed by atoms with E-state index in [1.807, 2.05) is 18.2 Å². The van der Waals surface area contributed by atoms with E-state index in [-0.39, 0.29) is 0 Å². The minimum absolute atomic E-state index is 0.394. The Hall–Kier alpha value is -0.770. The van der Waals surface area contributed by atoms with Crippen molar-refractivity contribution in [2.75, 3.05) is 0 Å². The molecule has 0 saturated carbocycles. The maximum atomic E-state index is 9.44. The summed E-state index contributed by atoms with van der Waals surface area (Å²) in [6, 6.07) is 16.4. The number of rotatable bonds is 4. The van der Waals surface area contributed by atoms with Crippen LogP contribution in [0.3, 0.4) is 0 Å². The average molecular weight is 323 g/mol. The van der Waals surface area contributed by atoms with Gasteiger partial charge in [-0.25, -0.2) is 0 Å². The summed E-state index contributed by atoms with van der Waals surface area (Å²) >= 11 is 5.28. The molecular weight excluding hydrogens is 308 g/mol. The predicted molar refractivity (Wildman–Crippen MR) is 80.8 cm³/mol. The van der Waals surface area contributed by atoms with Gasteiger partial charge in [-0.3, -0.25) is 0 Å². The van der Waals surface area contributed by atoms with Crippen molar-refractivity contribution in [1.29, 1.82) is 0 Å². The maximum absolute atomic E-state index is 9.44. The molecule has 18 heavy (non-hydrogen) atoms. The highest BCUT2D eigenvalue weighted by Gasteiger charge is 2.01. The molecule has 0 fully saturated rings. The molecule has 94 valence electrons. The van der Waals surface area contributed by atoms with E-state index in [0.29, 0.717) is 0 Å². The van der Waals surface area contributed by atoms with E-state index < -0.39 is 6.10 Å². The molecule has 2 aromatic rings. The molecule has 3 heteroatoms. The lowest BCUT2D eigenvalue weighted by Gasteiger charge is -2.06. The van der Waals surface area contributed by atoms with Gasteiger partial charge in [-0.1, -0.05) is 40.2 Å². The molecule has 0 radical (unpaired) electrons. The van der Waals surface area contributed by atoms with Crippen LogP contribution in [0.15, 0.2) is 57.9 Å². The van der Waals surface area contributed by atoms with E-state index in [2.05, 4.69) is 46.3 Å². The largest absolute Gasteiger partial charge is 0.389 e. The van der Waals surface area contributed by atoms with Gasteiger partial charge >= 0.3 is 0 Å². The fraction of sp³-hybridized carbons (Fsp3) is 0.200. The molecule has 1 nitrogen and oxygen atoms in total. The Kier molecular flexibility index (Phi) is 4.87. The Balaban J connectivity index is 1.98. The van der Waals surface area contributed by atoms with Gasteiger partial charge < -0.3 is 5.11 Å². The third-order valence-electron chi connectivity index (χ3n) is 2.66. The zero-order valence-corrected chi connectivity index (χ0v) is 12.5. The zero-order chi connectivity index (χ0) is 13.0. The van der Waals surface area contributed by atoms with Crippen LogP contribution in [0.25, 0.3) is 0 Å². The second-order valence-electron chi connectivity index (χ2n) is 4.16. The van der Waals surface area contributed by atoms with Crippen molar-refractivity contribution < 1.29 is 5.11 Å². The molecule has 2 aromatic carbocycles. The molecule has 0 spiro atoms. The molecule has 0 heterocycles. The van der Waals surface area contributed by atoms with Crippen LogP contribution in [0, 0.1) is 0 Å². The second kappa shape index (κ2) is 6.41. The Labute approximate surface area is 120 Å². The summed E-state index contributed by atoms with van der Waals surface area (Å²) < 4.78 is 1.12. The molecule has 1 unspecified atom stereocenters. The van der Waals surface area contributed by atoms with Gasteiger partial charge in [0.2, 0.25) is 0 Å². The molecule has 0 aliphatic carbocycles. The summed E-state index contributed by atoms with van der Waals surface area (Å²) in [6.45, 7) is 1.78. The maximum Gasteiger partial charge on any atom is 0.0761 e. The van der Waals surface area contributed by atoms with Gasteiger partial charge in [0, 0.05) is 15.1 Å². The van der Waals surface area contributed by atoms with Crippen LogP contribution in [0.1, 0.15) is 24.2 Å². The highest BCUT2D eigenvalue weighted by Crippen LogP contribution is 2.25. The first-order valence-electron chi connectivity index (χ1n) is 5.80. The molecule has 0 aliphatic heterocycles. The number of hydrogen-bond acceptors (Lipinski definition) is 2. The van der Waals surface area contributed by atoms with Crippen molar-refractivity contribution >= 4 is 27.7 Å². The molecule has 1 N–H and O–H groups in total. The first-order chi connectivity index (χ1) is 8.65.